The molecule has 3 atom stereocenters. The molecule has 1 aliphatic carbocycles. The molecule has 7 heteroatoms. The van der Waals surface area contributed by atoms with Crippen LogP contribution in [0.3, 0.4) is 0 Å². The topological polar surface area (TPSA) is 74.6 Å². The number of hydrogen-bond acceptors (Lipinski definition) is 3. The Bertz CT molecular complexity index is 1070. The van der Waals surface area contributed by atoms with Crippen molar-refractivity contribution in [3.05, 3.63) is 52.8 Å². The maximum Gasteiger partial charge on any atom is 0.268 e. The van der Waals surface area contributed by atoms with Gasteiger partial charge >= 0.3 is 0 Å². The molecule has 1 amide bonds. The van der Waals surface area contributed by atoms with Crippen molar-refractivity contribution in [2.75, 3.05) is 13.1 Å². The van der Waals surface area contributed by atoms with Crippen LogP contribution >= 0.6 is 0 Å². The van der Waals surface area contributed by atoms with Gasteiger partial charge in [-0.25, -0.2) is 8.51 Å². The molecule has 1 aliphatic heterocycles. The van der Waals surface area contributed by atoms with Crippen LogP contribution in [0, 0.1) is 12.8 Å². The zero-order valence-electron chi connectivity index (χ0n) is 17.9. The van der Waals surface area contributed by atoms with Gasteiger partial charge in [-0.2, -0.15) is 0 Å². The quantitative estimate of drug-likeness (QED) is 0.733. The molecule has 162 valence electrons. The summed E-state index contributed by atoms with van der Waals surface area (Å²) in [6.45, 7) is 5.60. The van der Waals surface area contributed by atoms with Gasteiger partial charge in [0.2, 0.25) is 0 Å². The van der Waals surface area contributed by atoms with Crippen molar-refractivity contribution >= 4 is 21.5 Å². The van der Waals surface area contributed by atoms with Gasteiger partial charge in [0.15, 0.2) is 0 Å². The van der Waals surface area contributed by atoms with E-state index in [0.29, 0.717) is 22.9 Å². The van der Waals surface area contributed by atoms with E-state index in [2.05, 4.69) is 18.1 Å². The fourth-order valence-corrected chi connectivity index (χ4v) is 6.57. The Hall–Kier alpha value is -2.09. The fraction of sp³-hybridized carbons (Fsp3) is 0.478. The lowest BCUT2D eigenvalue weighted by Gasteiger charge is -2.32. The third kappa shape index (κ3) is 3.59. The van der Waals surface area contributed by atoms with Gasteiger partial charge in [0.05, 0.1) is 26.7 Å². The van der Waals surface area contributed by atoms with Gasteiger partial charge in [0.1, 0.15) is 5.69 Å². The lowest BCUT2D eigenvalue weighted by atomic mass is 10.0. The maximum atomic E-state index is 13.6. The molecule has 0 bridgehead atoms. The van der Waals surface area contributed by atoms with Crippen molar-refractivity contribution in [2.24, 2.45) is 13.0 Å². The van der Waals surface area contributed by atoms with E-state index in [0.717, 1.165) is 42.8 Å². The van der Waals surface area contributed by atoms with E-state index in [4.69, 9.17) is 0 Å². The molecule has 2 unspecified atom stereocenters. The number of carbonyl (C=O) groups is 1. The van der Waals surface area contributed by atoms with Gasteiger partial charge in [0.25, 0.3) is 5.91 Å². The molecule has 0 saturated carbocycles. The van der Waals surface area contributed by atoms with Crippen LogP contribution in [0.1, 0.15) is 53.1 Å². The van der Waals surface area contributed by atoms with E-state index in [1.54, 1.807) is 17.7 Å². The molecule has 0 spiro atoms. The zero-order valence-corrected chi connectivity index (χ0v) is 18.7. The number of amides is 1. The summed E-state index contributed by atoms with van der Waals surface area (Å²) in [6.07, 6.45) is 1.88. The van der Waals surface area contributed by atoms with E-state index < -0.39 is 21.9 Å². The van der Waals surface area contributed by atoms with E-state index in [1.807, 2.05) is 35.5 Å². The van der Waals surface area contributed by atoms with Crippen LogP contribution in [0.5, 0.6) is 0 Å². The highest BCUT2D eigenvalue weighted by Crippen LogP contribution is 2.32. The van der Waals surface area contributed by atoms with Crippen LogP contribution in [0.15, 0.2) is 35.2 Å². The molecular formula is C23H31N3O3S. The van der Waals surface area contributed by atoms with Crippen LogP contribution in [-0.2, 0) is 23.2 Å². The molecule has 4 rings (SSSR count). The molecule has 1 aromatic heterocycles. The summed E-state index contributed by atoms with van der Waals surface area (Å²) in [5.41, 5.74) is 3.22. The molecule has 1 aromatic carbocycles. The van der Waals surface area contributed by atoms with Gasteiger partial charge in [-0.3, -0.25) is 4.79 Å². The number of nitrogens with one attached hydrogen (secondary N) is 1. The molecule has 2 heterocycles. The van der Waals surface area contributed by atoms with Crippen LogP contribution in [0.4, 0.5) is 0 Å². The highest BCUT2D eigenvalue weighted by atomic mass is 32.2. The number of benzene rings is 1. The molecule has 1 saturated heterocycles. The minimum absolute atomic E-state index is 0.282. The predicted octanol–water partition coefficient (Wildman–Crippen LogP) is 2.44. The third-order valence-electron chi connectivity index (χ3n) is 6.72. The van der Waals surface area contributed by atoms with Crippen molar-refractivity contribution < 1.29 is 14.1 Å². The maximum absolute atomic E-state index is 13.6. The SMILES string of the molecule is C=S(=O)(c1cc(C(=O)N[C@H]2c3ccccc3CC2O)n(C)c1C)N1CCC(C)CC1. The van der Waals surface area contributed by atoms with Gasteiger partial charge < -0.3 is 15.0 Å². The number of aliphatic hydroxyl groups excluding tert-OH is 1. The van der Waals surface area contributed by atoms with E-state index in [1.165, 1.54) is 0 Å². The predicted molar refractivity (Wildman–Crippen MR) is 120 cm³/mol. The Morgan fingerprint density at radius 3 is 2.63 bits per heavy atom. The Morgan fingerprint density at radius 1 is 1.27 bits per heavy atom. The van der Waals surface area contributed by atoms with Gasteiger partial charge in [-0.1, -0.05) is 31.2 Å². The van der Waals surface area contributed by atoms with Crippen LogP contribution in [-0.4, -0.2) is 49.2 Å². The fourth-order valence-electron chi connectivity index (χ4n) is 4.59. The number of fused-ring (bicyclic) bond motifs is 1. The zero-order chi connectivity index (χ0) is 21.6. The van der Waals surface area contributed by atoms with Crippen molar-refractivity contribution in [1.82, 2.24) is 14.2 Å². The van der Waals surface area contributed by atoms with Gasteiger partial charge in [-0.05, 0) is 48.7 Å². The largest absolute Gasteiger partial charge is 0.390 e. The molecule has 1 fully saturated rings. The lowest BCUT2D eigenvalue weighted by molar-refractivity contribution is 0.0850. The molecule has 2 aromatic rings. The van der Waals surface area contributed by atoms with E-state index in [-0.39, 0.29) is 5.91 Å². The van der Waals surface area contributed by atoms with E-state index in [9.17, 15) is 14.1 Å². The summed E-state index contributed by atoms with van der Waals surface area (Å²) in [5, 5.41) is 13.5. The Morgan fingerprint density at radius 2 is 1.93 bits per heavy atom. The second-order valence-electron chi connectivity index (χ2n) is 8.71. The van der Waals surface area contributed by atoms with Crippen molar-refractivity contribution in [1.29, 1.82) is 0 Å². The number of rotatable bonds is 4. The third-order valence-corrected chi connectivity index (χ3v) is 9.02. The summed E-state index contributed by atoms with van der Waals surface area (Å²) >= 11 is 0. The minimum atomic E-state index is -2.65. The first-order valence-corrected chi connectivity index (χ1v) is 12.2. The Balaban J connectivity index is 1.60. The van der Waals surface area contributed by atoms with Gasteiger partial charge in [-0.15, -0.1) is 0 Å². The lowest BCUT2D eigenvalue weighted by Crippen LogP contribution is -2.37. The number of aliphatic hydroxyl groups is 1. The average molecular weight is 430 g/mol. The summed E-state index contributed by atoms with van der Waals surface area (Å²) in [7, 11) is -0.849. The average Bonchev–Trinajstić information content (AvgIpc) is 3.19. The van der Waals surface area contributed by atoms with Crippen molar-refractivity contribution in [2.45, 2.75) is 50.2 Å². The number of aromatic nitrogens is 1. The van der Waals surface area contributed by atoms with Crippen LogP contribution in [0.2, 0.25) is 0 Å². The Labute approximate surface area is 179 Å². The first-order chi connectivity index (χ1) is 14.2. The highest BCUT2D eigenvalue weighted by molar-refractivity contribution is 7.98. The molecule has 0 radical (unpaired) electrons. The first-order valence-electron chi connectivity index (χ1n) is 10.6. The molecule has 2 N–H and O–H groups in total. The van der Waals surface area contributed by atoms with Crippen LogP contribution in [0.25, 0.3) is 0 Å². The van der Waals surface area contributed by atoms with Crippen molar-refractivity contribution in [3.8, 4) is 0 Å². The molecular weight excluding hydrogens is 398 g/mol. The summed E-state index contributed by atoms with van der Waals surface area (Å²) in [4.78, 5) is 13.7. The smallest absolute Gasteiger partial charge is 0.268 e. The monoisotopic (exact) mass is 429 g/mol. The summed E-state index contributed by atoms with van der Waals surface area (Å²) < 4.78 is 17.4. The summed E-state index contributed by atoms with van der Waals surface area (Å²) in [6, 6.07) is 9.05. The second-order valence-corrected chi connectivity index (χ2v) is 10.9. The Kier molecular flexibility index (Phi) is 5.55. The van der Waals surface area contributed by atoms with Gasteiger partial charge in [0, 0.05) is 32.3 Å². The molecule has 6 nitrogen and oxygen atoms in total. The number of hydrogen-bond donors (Lipinski definition) is 2. The standard InChI is InChI=1S/C23H31N3O3S/c1-15-9-11-26(12-10-15)30(4,29)21-14-19(25(3)16(21)2)23(28)24-22-18-8-6-5-7-17(18)13-20(22)27/h5-8,14-15,20,22,27H,4,9-13H2,1-3H3,(H,24,28)/t20?,22-,30?/m0/s1. The number of piperidine rings is 1. The van der Waals surface area contributed by atoms with Crippen molar-refractivity contribution in [3.63, 3.8) is 0 Å². The number of nitrogens with zero attached hydrogens (tertiary/aromatic N) is 2. The minimum Gasteiger partial charge on any atom is -0.390 e. The molecule has 2 aliphatic rings. The first kappa shape index (κ1) is 21.2. The normalized spacial score (nSPS) is 24.4. The summed E-state index contributed by atoms with van der Waals surface area (Å²) in [5.74, 6) is 4.43. The number of carbonyl (C=O) groups excluding carboxylic acids is 1. The van der Waals surface area contributed by atoms with E-state index >= 15 is 0 Å². The van der Waals surface area contributed by atoms with Crippen LogP contribution < -0.4 is 5.32 Å². The highest BCUT2D eigenvalue weighted by Gasteiger charge is 2.33. The second kappa shape index (κ2) is 7.87. The molecule has 30 heavy (non-hydrogen) atoms.